The summed E-state index contributed by atoms with van der Waals surface area (Å²) >= 11 is 0. The topological polar surface area (TPSA) is 41.4 Å². The van der Waals surface area contributed by atoms with E-state index in [4.69, 9.17) is 0 Å². The van der Waals surface area contributed by atoms with Crippen LogP contribution in [-0.4, -0.2) is 51.6 Å². The molecule has 118 valence electrons. The van der Waals surface area contributed by atoms with Crippen molar-refractivity contribution in [1.82, 2.24) is 19.4 Å². The van der Waals surface area contributed by atoms with E-state index in [1.807, 2.05) is 36.0 Å². The highest BCUT2D eigenvalue weighted by molar-refractivity contribution is 5.74. The summed E-state index contributed by atoms with van der Waals surface area (Å²) in [5.74, 6) is 1.48. The van der Waals surface area contributed by atoms with Gasteiger partial charge in [0.05, 0.1) is 0 Å². The first-order chi connectivity index (χ1) is 10.1. The van der Waals surface area contributed by atoms with Crippen LogP contribution in [0.4, 0.5) is 4.79 Å². The molecule has 1 aliphatic heterocycles. The maximum Gasteiger partial charge on any atom is 0.320 e. The fraction of sp³-hybridized carbons (Fsp3) is 0.750. The number of piperidine rings is 1. The smallest absolute Gasteiger partial charge is 0.320 e. The number of aromatic nitrogens is 2. The Bertz CT molecular complexity index is 465. The van der Waals surface area contributed by atoms with E-state index < -0.39 is 0 Å². The number of carbonyl (C=O) groups excluding carboxylic acids is 1. The SMILES string of the molecule is CCN(CC)C(=O)N1CCC[C@H](c2nccn2C(C)C)C1. The Morgan fingerprint density at radius 2 is 2.14 bits per heavy atom. The Kier molecular flexibility index (Phi) is 5.26. The highest BCUT2D eigenvalue weighted by Crippen LogP contribution is 2.27. The quantitative estimate of drug-likeness (QED) is 0.855. The summed E-state index contributed by atoms with van der Waals surface area (Å²) in [6.45, 7) is 11.6. The normalized spacial score (nSPS) is 19.1. The fourth-order valence-corrected chi connectivity index (χ4v) is 3.13. The van der Waals surface area contributed by atoms with Gasteiger partial charge in [-0.05, 0) is 40.5 Å². The lowest BCUT2D eigenvalue weighted by Gasteiger charge is -2.36. The van der Waals surface area contributed by atoms with Crippen LogP contribution in [0.25, 0.3) is 0 Å². The molecule has 1 atom stereocenters. The van der Waals surface area contributed by atoms with Crippen molar-refractivity contribution in [1.29, 1.82) is 0 Å². The van der Waals surface area contributed by atoms with Crippen molar-refractivity contribution < 1.29 is 4.79 Å². The molecule has 0 radical (unpaired) electrons. The van der Waals surface area contributed by atoms with Crippen LogP contribution in [0.2, 0.25) is 0 Å². The van der Waals surface area contributed by atoms with E-state index in [9.17, 15) is 4.79 Å². The molecule has 2 amide bonds. The number of likely N-dealkylation sites (tertiary alicyclic amines) is 1. The highest BCUT2D eigenvalue weighted by atomic mass is 16.2. The minimum Gasteiger partial charge on any atom is -0.332 e. The molecular weight excluding hydrogens is 264 g/mol. The maximum atomic E-state index is 12.5. The molecule has 1 aromatic heterocycles. The number of rotatable bonds is 4. The number of hydrogen-bond acceptors (Lipinski definition) is 2. The first-order valence-electron chi connectivity index (χ1n) is 8.15. The summed E-state index contributed by atoms with van der Waals surface area (Å²) in [6.07, 6.45) is 6.10. The van der Waals surface area contributed by atoms with E-state index in [2.05, 4.69) is 23.4 Å². The molecule has 2 heterocycles. The van der Waals surface area contributed by atoms with Gasteiger partial charge >= 0.3 is 6.03 Å². The Morgan fingerprint density at radius 1 is 1.43 bits per heavy atom. The molecule has 0 unspecified atom stereocenters. The maximum absolute atomic E-state index is 12.5. The molecule has 21 heavy (non-hydrogen) atoms. The Balaban J connectivity index is 2.10. The molecule has 0 aliphatic carbocycles. The van der Waals surface area contributed by atoms with Crippen LogP contribution in [0.3, 0.4) is 0 Å². The fourth-order valence-electron chi connectivity index (χ4n) is 3.13. The lowest BCUT2D eigenvalue weighted by atomic mass is 9.97. The van der Waals surface area contributed by atoms with Crippen molar-refractivity contribution in [3.8, 4) is 0 Å². The van der Waals surface area contributed by atoms with Crippen LogP contribution in [0, 0.1) is 0 Å². The summed E-state index contributed by atoms with van der Waals surface area (Å²) in [4.78, 5) is 21.0. The van der Waals surface area contributed by atoms with Gasteiger partial charge in [-0.3, -0.25) is 0 Å². The lowest BCUT2D eigenvalue weighted by molar-refractivity contribution is 0.141. The van der Waals surface area contributed by atoms with Gasteiger partial charge in [-0.2, -0.15) is 0 Å². The van der Waals surface area contributed by atoms with Crippen LogP contribution in [0.1, 0.15) is 58.3 Å². The van der Waals surface area contributed by atoms with Crippen LogP contribution in [-0.2, 0) is 0 Å². The predicted molar refractivity (Wildman–Crippen MR) is 84.5 cm³/mol. The molecule has 5 heteroatoms. The van der Waals surface area contributed by atoms with E-state index >= 15 is 0 Å². The second kappa shape index (κ2) is 6.96. The standard InChI is InChI=1S/C16H28N4O/c1-5-18(6-2)16(21)19-10-7-8-14(12-19)15-17-9-11-20(15)13(3)4/h9,11,13-14H,5-8,10,12H2,1-4H3/t14-/m0/s1. The van der Waals surface area contributed by atoms with Crippen molar-refractivity contribution in [2.24, 2.45) is 0 Å². The first kappa shape index (κ1) is 15.9. The summed E-state index contributed by atoms with van der Waals surface area (Å²) in [5, 5.41) is 0. The second-order valence-corrected chi connectivity index (χ2v) is 6.03. The molecule has 1 aromatic rings. The van der Waals surface area contributed by atoms with Gasteiger partial charge in [0.15, 0.2) is 0 Å². The van der Waals surface area contributed by atoms with Gasteiger partial charge in [-0.15, -0.1) is 0 Å². The third-order valence-corrected chi connectivity index (χ3v) is 4.35. The van der Waals surface area contributed by atoms with E-state index in [-0.39, 0.29) is 6.03 Å². The van der Waals surface area contributed by atoms with Crippen molar-refractivity contribution in [3.63, 3.8) is 0 Å². The van der Waals surface area contributed by atoms with Crippen LogP contribution < -0.4 is 0 Å². The molecule has 0 aromatic carbocycles. The monoisotopic (exact) mass is 292 g/mol. The molecule has 1 aliphatic rings. The molecule has 1 fully saturated rings. The zero-order valence-corrected chi connectivity index (χ0v) is 13.7. The Morgan fingerprint density at radius 3 is 2.76 bits per heavy atom. The number of hydrogen-bond donors (Lipinski definition) is 0. The van der Waals surface area contributed by atoms with Gasteiger partial charge < -0.3 is 14.4 Å². The number of amides is 2. The van der Waals surface area contributed by atoms with E-state index in [1.165, 1.54) is 0 Å². The molecule has 5 nitrogen and oxygen atoms in total. The average Bonchev–Trinajstić information content (AvgIpc) is 2.98. The largest absolute Gasteiger partial charge is 0.332 e. The Hall–Kier alpha value is -1.52. The van der Waals surface area contributed by atoms with Crippen molar-refractivity contribution >= 4 is 6.03 Å². The first-order valence-corrected chi connectivity index (χ1v) is 8.15. The molecule has 0 spiro atoms. The van der Waals surface area contributed by atoms with Gasteiger partial charge in [-0.1, -0.05) is 0 Å². The van der Waals surface area contributed by atoms with Crippen LogP contribution >= 0.6 is 0 Å². The van der Waals surface area contributed by atoms with Crippen molar-refractivity contribution in [2.45, 2.75) is 52.5 Å². The summed E-state index contributed by atoms with van der Waals surface area (Å²) < 4.78 is 2.23. The number of nitrogens with zero attached hydrogens (tertiary/aromatic N) is 4. The lowest BCUT2D eigenvalue weighted by Crippen LogP contribution is -2.47. The van der Waals surface area contributed by atoms with Gasteiger partial charge in [0.2, 0.25) is 0 Å². The molecular formula is C16H28N4O. The highest BCUT2D eigenvalue weighted by Gasteiger charge is 2.29. The van der Waals surface area contributed by atoms with Crippen molar-refractivity contribution in [2.75, 3.05) is 26.2 Å². The molecule has 0 saturated carbocycles. The summed E-state index contributed by atoms with van der Waals surface area (Å²) in [5.41, 5.74) is 0. The van der Waals surface area contributed by atoms with Crippen LogP contribution in [0.5, 0.6) is 0 Å². The van der Waals surface area contributed by atoms with Crippen LogP contribution in [0.15, 0.2) is 12.4 Å². The van der Waals surface area contributed by atoms with E-state index in [1.54, 1.807) is 0 Å². The van der Waals surface area contributed by atoms with Gasteiger partial charge in [0.1, 0.15) is 5.82 Å². The van der Waals surface area contributed by atoms with E-state index in [0.29, 0.717) is 12.0 Å². The number of imidazole rings is 1. The zero-order chi connectivity index (χ0) is 15.4. The molecule has 0 bridgehead atoms. The van der Waals surface area contributed by atoms with Gasteiger partial charge in [0, 0.05) is 50.5 Å². The van der Waals surface area contributed by atoms with Crippen molar-refractivity contribution in [3.05, 3.63) is 18.2 Å². The van der Waals surface area contributed by atoms with E-state index in [0.717, 1.165) is 44.8 Å². The zero-order valence-electron chi connectivity index (χ0n) is 13.7. The third kappa shape index (κ3) is 3.39. The predicted octanol–water partition coefficient (Wildman–Crippen LogP) is 3.11. The Labute approximate surface area is 127 Å². The minimum atomic E-state index is 0.173. The third-order valence-electron chi connectivity index (χ3n) is 4.35. The summed E-state index contributed by atoms with van der Waals surface area (Å²) in [7, 11) is 0. The number of carbonyl (C=O) groups is 1. The summed E-state index contributed by atoms with van der Waals surface area (Å²) in [6, 6.07) is 0.587. The number of urea groups is 1. The molecule has 0 N–H and O–H groups in total. The van der Waals surface area contributed by atoms with Gasteiger partial charge in [-0.25, -0.2) is 9.78 Å². The van der Waals surface area contributed by atoms with Gasteiger partial charge in [0.25, 0.3) is 0 Å². The molecule has 2 rings (SSSR count). The second-order valence-electron chi connectivity index (χ2n) is 6.03. The average molecular weight is 292 g/mol. The molecule has 1 saturated heterocycles. The minimum absolute atomic E-state index is 0.173.